The van der Waals surface area contributed by atoms with Crippen LogP contribution in [-0.2, 0) is 12.7 Å². The largest absolute Gasteiger partial charge is 0.530 e. The van der Waals surface area contributed by atoms with Gasteiger partial charge < -0.3 is 19.7 Å². The average Bonchev–Trinajstić information content (AvgIpc) is 2.67. The second kappa shape index (κ2) is 8.08. The van der Waals surface area contributed by atoms with Gasteiger partial charge in [0.25, 0.3) is 0 Å². The van der Waals surface area contributed by atoms with Gasteiger partial charge in [0.05, 0.1) is 5.56 Å². The molecule has 0 saturated carbocycles. The molecule has 1 heterocycles. The number of nitrogens with zero attached hydrogens (tertiary/aromatic N) is 2. The summed E-state index contributed by atoms with van der Waals surface area (Å²) in [6, 6.07) is 10.8. The predicted molar refractivity (Wildman–Crippen MR) is 94.0 cm³/mol. The van der Waals surface area contributed by atoms with Crippen molar-refractivity contribution in [1.29, 1.82) is 0 Å². The Bertz CT molecular complexity index is 816. The first-order valence-electron chi connectivity index (χ1n) is 8.88. The Hall–Kier alpha value is -2.77. The molecule has 0 radical (unpaired) electrons. The zero-order chi connectivity index (χ0) is 20.3. The number of hydrogen-bond donors (Lipinski definition) is 0. The van der Waals surface area contributed by atoms with E-state index < -0.39 is 23.7 Å². The second-order valence-corrected chi connectivity index (χ2v) is 6.79. The summed E-state index contributed by atoms with van der Waals surface area (Å²) in [7, 11) is 0. The van der Waals surface area contributed by atoms with Crippen molar-refractivity contribution in [2.24, 2.45) is 0 Å². The summed E-state index contributed by atoms with van der Waals surface area (Å²) in [6.45, 7) is 0.770. The first-order chi connectivity index (χ1) is 13.2. The van der Waals surface area contributed by atoms with E-state index in [9.17, 15) is 27.5 Å². The Balaban J connectivity index is 1.85. The quantitative estimate of drug-likeness (QED) is 0.743. The number of anilines is 1. The van der Waals surface area contributed by atoms with Crippen LogP contribution in [0.1, 0.15) is 24.0 Å². The van der Waals surface area contributed by atoms with Crippen molar-refractivity contribution in [3.63, 3.8) is 0 Å². The standard InChI is InChI=1S/C20H20F4N2O2/c21-16-4-6-17(7-5-16)26(18-8-10-25(11-9-18)19(27)28)13-14-2-1-3-15(12-14)20(22,23)24/h1-7,12,18H,8-11,13H2,(H,27,28)/p-1. The van der Waals surface area contributed by atoms with Crippen LogP contribution < -0.4 is 10.0 Å². The molecule has 0 aromatic heterocycles. The summed E-state index contributed by atoms with van der Waals surface area (Å²) < 4.78 is 52.4. The van der Waals surface area contributed by atoms with Gasteiger partial charge in [-0.3, -0.25) is 0 Å². The smallest absolute Gasteiger partial charge is 0.416 e. The van der Waals surface area contributed by atoms with Crippen LogP contribution in [0.15, 0.2) is 48.5 Å². The lowest BCUT2D eigenvalue weighted by atomic mass is 10.0. The van der Waals surface area contributed by atoms with Gasteiger partial charge in [-0.15, -0.1) is 0 Å². The van der Waals surface area contributed by atoms with Gasteiger partial charge in [0.15, 0.2) is 0 Å². The molecule has 2 aromatic rings. The number of halogens is 4. The highest BCUT2D eigenvalue weighted by Crippen LogP contribution is 2.31. The maximum absolute atomic E-state index is 13.3. The minimum atomic E-state index is -4.43. The molecular formula is C20H19F4N2O2-. The number of carboxylic acid groups (broad SMARTS) is 1. The van der Waals surface area contributed by atoms with E-state index in [4.69, 9.17) is 0 Å². The van der Waals surface area contributed by atoms with Crippen LogP contribution in [-0.4, -0.2) is 30.1 Å². The number of alkyl halides is 3. The van der Waals surface area contributed by atoms with E-state index in [0.717, 1.165) is 12.1 Å². The molecule has 0 aliphatic carbocycles. The van der Waals surface area contributed by atoms with Gasteiger partial charge in [-0.05, 0) is 54.8 Å². The van der Waals surface area contributed by atoms with E-state index in [0.29, 0.717) is 24.1 Å². The van der Waals surface area contributed by atoms with Crippen molar-refractivity contribution in [3.8, 4) is 0 Å². The third kappa shape index (κ3) is 4.74. The average molecular weight is 395 g/mol. The number of benzene rings is 2. The van der Waals surface area contributed by atoms with Crippen molar-refractivity contribution in [3.05, 3.63) is 65.5 Å². The molecule has 1 fully saturated rings. The molecule has 1 aliphatic rings. The first-order valence-corrected chi connectivity index (χ1v) is 8.88. The Morgan fingerprint density at radius 2 is 1.75 bits per heavy atom. The molecule has 8 heteroatoms. The lowest BCUT2D eigenvalue weighted by Crippen LogP contribution is -2.50. The highest BCUT2D eigenvalue weighted by atomic mass is 19.4. The van der Waals surface area contributed by atoms with E-state index in [2.05, 4.69) is 0 Å². The molecule has 0 spiro atoms. The van der Waals surface area contributed by atoms with Gasteiger partial charge in [0, 0.05) is 31.4 Å². The summed E-state index contributed by atoms with van der Waals surface area (Å²) in [5, 5.41) is 11.0. The number of rotatable bonds is 4. The molecule has 1 aliphatic heterocycles. The number of piperidine rings is 1. The van der Waals surface area contributed by atoms with E-state index in [1.54, 1.807) is 18.2 Å². The van der Waals surface area contributed by atoms with E-state index in [1.807, 2.05) is 4.90 Å². The summed E-state index contributed by atoms with van der Waals surface area (Å²) in [4.78, 5) is 14.1. The van der Waals surface area contributed by atoms with Crippen molar-refractivity contribution < 1.29 is 27.5 Å². The van der Waals surface area contributed by atoms with Gasteiger partial charge in [0.2, 0.25) is 0 Å². The number of carbonyl (C=O) groups is 1. The highest BCUT2D eigenvalue weighted by Gasteiger charge is 2.31. The lowest BCUT2D eigenvalue weighted by Gasteiger charge is -2.40. The monoisotopic (exact) mass is 395 g/mol. The summed E-state index contributed by atoms with van der Waals surface area (Å²) in [6.07, 6.45) is -4.66. The molecule has 1 amide bonds. The zero-order valence-electron chi connectivity index (χ0n) is 15.0. The molecule has 4 nitrogen and oxygen atoms in total. The number of likely N-dealkylation sites (tertiary alicyclic amines) is 1. The van der Waals surface area contributed by atoms with Gasteiger partial charge in [-0.25, -0.2) is 4.39 Å². The minimum Gasteiger partial charge on any atom is -0.530 e. The van der Waals surface area contributed by atoms with E-state index in [-0.39, 0.29) is 25.7 Å². The number of hydrogen-bond acceptors (Lipinski definition) is 3. The number of carbonyl (C=O) groups excluding carboxylic acids is 1. The first kappa shape index (κ1) is 20.0. The van der Waals surface area contributed by atoms with E-state index in [1.165, 1.54) is 23.1 Å². The molecular weight excluding hydrogens is 376 g/mol. The predicted octanol–water partition coefficient (Wildman–Crippen LogP) is 3.66. The maximum atomic E-state index is 13.3. The van der Waals surface area contributed by atoms with Gasteiger partial charge >= 0.3 is 6.18 Å². The molecule has 0 bridgehead atoms. The van der Waals surface area contributed by atoms with Gasteiger partial charge in [-0.1, -0.05) is 12.1 Å². The van der Waals surface area contributed by atoms with Crippen LogP contribution in [0, 0.1) is 5.82 Å². The molecule has 0 unspecified atom stereocenters. The van der Waals surface area contributed by atoms with Crippen molar-refractivity contribution in [2.75, 3.05) is 18.0 Å². The van der Waals surface area contributed by atoms with Crippen molar-refractivity contribution in [2.45, 2.75) is 31.6 Å². The lowest BCUT2D eigenvalue weighted by molar-refractivity contribution is -0.266. The van der Waals surface area contributed by atoms with Gasteiger partial charge in [0.1, 0.15) is 11.9 Å². The van der Waals surface area contributed by atoms with E-state index >= 15 is 0 Å². The Morgan fingerprint density at radius 1 is 1.11 bits per heavy atom. The Labute approximate surface area is 160 Å². The Morgan fingerprint density at radius 3 is 2.32 bits per heavy atom. The fraction of sp³-hybridized carbons (Fsp3) is 0.350. The van der Waals surface area contributed by atoms with Crippen molar-refractivity contribution >= 4 is 11.8 Å². The molecule has 0 N–H and O–H groups in total. The zero-order valence-corrected chi connectivity index (χ0v) is 15.0. The Kier molecular flexibility index (Phi) is 5.76. The van der Waals surface area contributed by atoms with Crippen LogP contribution in [0.3, 0.4) is 0 Å². The normalized spacial score (nSPS) is 15.5. The molecule has 0 atom stereocenters. The van der Waals surface area contributed by atoms with Gasteiger partial charge in [-0.2, -0.15) is 13.2 Å². The summed E-state index contributed by atoms with van der Waals surface area (Å²) >= 11 is 0. The number of amides is 1. The van der Waals surface area contributed by atoms with Crippen LogP contribution in [0.4, 0.5) is 28.0 Å². The van der Waals surface area contributed by atoms with Crippen LogP contribution >= 0.6 is 0 Å². The molecule has 28 heavy (non-hydrogen) atoms. The SMILES string of the molecule is O=C([O-])N1CCC(N(Cc2cccc(C(F)(F)F)c2)c2ccc(F)cc2)CC1. The molecule has 150 valence electrons. The maximum Gasteiger partial charge on any atom is 0.416 e. The fourth-order valence-electron chi connectivity index (χ4n) is 3.47. The summed E-state index contributed by atoms with van der Waals surface area (Å²) in [5.41, 5.74) is 0.419. The van der Waals surface area contributed by atoms with Crippen LogP contribution in [0.2, 0.25) is 0 Å². The van der Waals surface area contributed by atoms with Crippen LogP contribution in [0.25, 0.3) is 0 Å². The molecule has 2 aromatic carbocycles. The molecule has 3 rings (SSSR count). The third-order valence-corrected chi connectivity index (χ3v) is 4.93. The summed E-state index contributed by atoms with van der Waals surface area (Å²) in [5.74, 6) is -0.408. The molecule has 1 saturated heterocycles. The van der Waals surface area contributed by atoms with Crippen molar-refractivity contribution in [1.82, 2.24) is 4.90 Å². The minimum absolute atomic E-state index is 0.0874. The van der Waals surface area contributed by atoms with Crippen LogP contribution in [0.5, 0.6) is 0 Å². The topological polar surface area (TPSA) is 46.6 Å². The third-order valence-electron chi connectivity index (χ3n) is 4.93. The fourth-order valence-corrected chi connectivity index (χ4v) is 3.47. The highest BCUT2D eigenvalue weighted by molar-refractivity contribution is 5.62. The second-order valence-electron chi connectivity index (χ2n) is 6.79.